The quantitative estimate of drug-likeness (QED) is 0.861. The number of aromatic nitrogens is 3. The number of rotatable bonds is 5. The molecule has 7 heteroatoms. The molecule has 2 aromatic rings. The van der Waals surface area contributed by atoms with Gasteiger partial charge in [0.05, 0.1) is 5.25 Å². The Morgan fingerprint density at radius 1 is 1.40 bits per heavy atom. The van der Waals surface area contributed by atoms with Gasteiger partial charge >= 0.3 is 0 Å². The molecule has 0 saturated carbocycles. The van der Waals surface area contributed by atoms with Gasteiger partial charge in [-0.3, -0.25) is 4.79 Å². The van der Waals surface area contributed by atoms with E-state index >= 15 is 0 Å². The Labute approximate surface area is 126 Å². The summed E-state index contributed by atoms with van der Waals surface area (Å²) in [6, 6.07) is 7.41. The van der Waals surface area contributed by atoms with Crippen LogP contribution >= 0.6 is 23.4 Å². The van der Waals surface area contributed by atoms with E-state index in [1.54, 1.807) is 6.92 Å². The highest BCUT2D eigenvalue weighted by Crippen LogP contribution is 2.27. The number of hydrogen-bond acceptors (Lipinski definition) is 4. The van der Waals surface area contributed by atoms with Crippen molar-refractivity contribution in [2.75, 3.05) is 0 Å². The Morgan fingerprint density at radius 2 is 2.05 bits per heavy atom. The Bertz CT molecular complexity index is 611. The molecule has 0 saturated heterocycles. The molecule has 0 aliphatic heterocycles. The lowest BCUT2D eigenvalue weighted by Gasteiger charge is -2.09. The topological polar surface area (TPSA) is 73.8 Å². The van der Waals surface area contributed by atoms with Crippen molar-refractivity contribution in [2.45, 2.75) is 30.8 Å². The summed E-state index contributed by atoms with van der Waals surface area (Å²) in [6.45, 7) is 4.46. The number of primary amides is 1. The first-order chi connectivity index (χ1) is 9.52. The fraction of sp³-hybridized carbons (Fsp3) is 0.308. The van der Waals surface area contributed by atoms with Crippen LogP contribution in [0.1, 0.15) is 13.8 Å². The molecule has 0 radical (unpaired) electrons. The van der Waals surface area contributed by atoms with E-state index in [2.05, 4.69) is 10.2 Å². The van der Waals surface area contributed by atoms with Gasteiger partial charge in [-0.1, -0.05) is 23.4 Å². The van der Waals surface area contributed by atoms with E-state index < -0.39 is 0 Å². The van der Waals surface area contributed by atoms with Crippen LogP contribution in [0.5, 0.6) is 0 Å². The summed E-state index contributed by atoms with van der Waals surface area (Å²) in [5.41, 5.74) is 6.21. The molecule has 0 aliphatic rings. The average Bonchev–Trinajstić information content (AvgIpc) is 2.82. The second kappa shape index (κ2) is 6.28. The van der Waals surface area contributed by atoms with Crippen molar-refractivity contribution in [1.29, 1.82) is 0 Å². The highest BCUT2D eigenvalue weighted by molar-refractivity contribution is 8.00. The molecule has 1 amide bonds. The lowest BCUT2D eigenvalue weighted by atomic mass is 10.2. The number of amides is 1. The molecule has 2 N–H and O–H groups in total. The third-order valence-electron chi connectivity index (χ3n) is 2.82. The van der Waals surface area contributed by atoms with Crippen LogP contribution < -0.4 is 5.73 Å². The highest BCUT2D eigenvalue weighted by Gasteiger charge is 2.18. The van der Waals surface area contributed by atoms with Gasteiger partial charge in [-0.05, 0) is 38.1 Å². The van der Waals surface area contributed by atoms with E-state index in [-0.39, 0.29) is 11.2 Å². The number of carbonyl (C=O) groups excluding carboxylic acids is 1. The molecule has 20 heavy (non-hydrogen) atoms. The largest absolute Gasteiger partial charge is 0.369 e. The first-order valence-corrected chi connectivity index (χ1v) is 7.43. The molecule has 2 rings (SSSR count). The second-order valence-electron chi connectivity index (χ2n) is 4.22. The van der Waals surface area contributed by atoms with Gasteiger partial charge < -0.3 is 10.3 Å². The summed E-state index contributed by atoms with van der Waals surface area (Å²) in [7, 11) is 0. The van der Waals surface area contributed by atoms with E-state index in [9.17, 15) is 4.79 Å². The lowest BCUT2D eigenvalue weighted by molar-refractivity contribution is -0.117. The minimum atomic E-state index is -0.367. The van der Waals surface area contributed by atoms with Crippen LogP contribution in [-0.4, -0.2) is 25.9 Å². The number of nitrogens with zero attached hydrogens (tertiary/aromatic N) is 3. The third-order valence-corrected chi connectivity index (χ3v) is 4.17. The number of nitrogens with two attached hydrogens (primary N) is 1. The van der Waals surface area contributed by atoms with E-state index in [0.717, 1.165) is 11.4 Å². The summed E-state index contributed by atoms with van der Waals surface area (Å²) >= 11 is 7.19. The number of carbonyl (C=O) groups is 1. The smallest absolute Gasteiger partial charge is 0.230 e. The minimum Gasteiger partial charge on any atom is -0.369 e. The van der Waals surface area contributed by atoms with Crippen molar-refractivity contribution < 1.29 is 4.79 Å². The van der Waals surface area contributed by atoms with Crippen LogP contribution in [0.3, 0.4) is 0 Å². The van der Waals surface area contributed by atoms with Gasteiger partial charge in [0, 0.05) is 17.1 Å². The second-order valence-corrected chi connectivity index (χ2v) is 5.96. The first-order valence-electron chi connectivity index (χ1n) is 6.18. The summed E-state index contributed by atoms with van der Waals surface area (Å²) in [5, 5.41) is 9.35. The molecular formula is C13H15ClN4OS. The molecule has 0 bridgehead atoms. The highest BCUT2D eigenvalue weighted by atomic mass is 35.5. The average molecular weight is 311 g/mol. The monoisotopic (exact) mass is 310 g/mol. The van der Waals surface area contributed by atoms with Crippen molar-refractivity contribution in [3.05, 3.63) is 29.3 Å². The zero-order valence-corrected chi connectivity index (χ0v) is 12.8. The van der Waals surface area contributed by atoms with Crippen molar-refractivity contribution in [3.8, 4) is 11.4 Å². The maximum atomic E-state index is 11.1. The van der Waals surface area contributed by atoms with E-state index in [0.29, 0.717) is 16.7 Å². The number of halogens is 1. The molecule has 1 heterocycles. The van der Waals surface area contributed by atoms with E-state index in [1.165, 1.54) is 11.8 Å². The van der Waals surface area contributed by atoms with E-state index in [4.69, 9.17) is 17.3 Å². The lowest BCUT2D eigenvalue weighted by Crippen LogP contribution is -2.23. The Hall–Kier alpha value is -1.53. The van der Waals surface area contributed by atoms with Crippen LogP contribution in [0.2, 0.25) is 5.02 Å². The van der Waals surface area contributed by atoms with Crippen LogP contribution in [0.15, 0.2) is 29.4 Å². The predicted molar refractivity (Wildman–Crippen MR) is 80.7 cm³/mol. The van der Waals surface area contributed by atoms with Crippen molar-refractivity contribution in [1.82, 2.24) is 14.8 Å². The molecule has 106 valence electrons. The van der Waals surface area contributed by atoms with Gasteiger partial charge in [0.25, 0.3) is 0 Å². The SMILES string of the molecule is CCn1c(S[C@H](C)C(N)=O)nnc1-c1ccc(Cl)cc1. The molecule has 0 aliphatic carbocycles. The van der Waals surface area contributed by atoms with Crippen LogP contribution in [-0.2, 0) is 11.3 Å². The number of benzene rings is 1. The van der Waals surface area contributed by atoms with Crippen LogP contribution in [0.25, 0.3) is 11.4 Å². The summed E-state index contributed by atoms with van der Waals surface area (Å²) < 4.78 is 1.95. The molecule has 1 atom stereocenters. The Kier molecular flexibility index (Phi) is 4.67. The van der Waals surface area contributed by atoms with Gasteiger partial charge in [0.2, 0.25) is 5.91 Å². The fourth-order valence-corrected chi connectivity index (χ4v) is 2.68. The summed E-state index contributed by atoms with van der Waals surface area (Å²) in [5.74, 6) is 0.386. The van der Waals surface area contributed by atoms with Gasteiger partial charge in [0.15, 0.2) is 11.0 Å². The van der Waals surface area contributed by atoms with Gasteiger partial charge in [-0.15, -0.1) is 10.2 Å². The zero-order chi connectivity index (χ0) is 14.7. The van der Waals surface area contributed by atoms with Gasteiger partial charge in [-0.2, -0.15) is 0 Å². The fourth-order valence-electron chi connectivity index (χ4n) is 1.69. The van der Waals surface area contributed by atoms with Crippen LogP contribution in [0, 0.1) is 0 Å². The summed E-state index contributed by atoms with van der Waals surface area (Å²) in [6.07, 6.45) is 0. The molecule has 0 spiro atoms. The normalized spacial score (nSPS) is 12.3. The summed E-state index contributed by atoms with van der Waals surface area (Å²) in [4.78, 5) is 11.1. The predicted octanol–water partition coefficient (Wildman–Crippen LogP) is 2.58. The van der Waals surface area contributed by atoms with Gasteiger partial charge in [0.1, 0.15) is 0 Å². The maximum Gasteiger partial charge on any atom is 0.230 e. The van der Waals surface area contributed by atoms with Crippen molar-refractivity contribution >= 4 is 29.3 Å². The molecule has 0 unspecified atom stereocenters. The third kappa shape index (κ3) is 3.13. The Morgan fingerprint density at radius 3 is 2.60 bits per heavy atom. The van der Waals surface area contributed by atoms with Crippen molar-refractivity contribution in [2.24, 2.45) is 5.73 Å². The standard InChI is InChI=1S/C13H15ClN4OS/c1-3-18-12(9-4-6-10(14)7-5-9)16-17-13(18)20-8(2)11(15)19/h4-8H,3H2,1-2H3,(H2,15,19)/t8-/m1/s1. The first kappa shape index (κ1) is 14.9. The Balaban J connectivity index is 2.34. The molecule has 5 nitrogen and oxygen atoms in total. The molecule has 1 aromatic carbocycles. The molecular weight excluding hydrogens is 296 g/mol. The molecule has 0 fully saturated rings. The maximum absolute atomic E-state index is 11.1. The number of hydrogen-bond donors (Lipinski definition) is 1. The minimum absolute atomic E-state index is 0.345. The zero-order valence-electron chi connectivity index (χ0n) is 11.2. The van der Waals surface area contributed by atoms with Gasteiger partial charge in [-0.25, -0.2) is 0 Å². The van der Waals surface area contributed by atoms with Crippen LogP contribution in [0.4, 0.5) is 0 Å². The molecule has 1 aromatic heterocycles. The van der Waals surface area contributed by atoms with Crippen molar-refractivity contribution in [3.63, 3.8) is 0 Å². The number of thioether (sulfide) groups is 1. The van der Waals surface area contributed by atoms with E-state index in [1.807, 2.05) is 35.8 Å².